The average Bonchev–Trinajstić information content (AvgIpc) is 2.99. The lowest BCUT2D eigenvalue weighted by Gasteiger charge is -2.05. The minimum absolute atomic E-state index is 0.229. The molecule has 3 N–H and O–H groups in total. The van der Waals surface area contributed by atoms with Gasteiger partial charge in [-0.05, 0) is 25.7 Å². The Bertz CT molecular complexity index is 683. The van der Waals surface area contributed by atoms with Crippen molar-refractivity contribution in [2.24, 2.45) is 0 Å². The molecule has 0 atom stereocenters. The molecule has 6 nitrogen and oxygen atoms in total. The quantitative estimate of drug-likeness (QED) is 0.814. The Kier molecular flexibility index (Phi) is 2.99. The zero-order chi connectivity index (χ0) is 15.2. The highest BCUT2D eigenvalue weighted by atomic mass is 19.4. The number of aromatic amines is 2. The number of amides is 1. The second-order valence-corrected chi connectivity index (χ2v) is 5.00. The van der Waals surface area contributed by atoms with Crippen LogP contribution < -0.4 is 5.32 Å². The monoisotopic (exact) mass is 299 g/mol. The Morgan fingerprint density at radius 1 is 1.38 bits per heavy atom. The lowest BCUT2D eigenvalue weighted by atomic mass is 10.2. The van der Waals surface area contributed by atoms with Crippen LogP contribution in [0.1, 0.15) is 46.1 Å². The van der Waals surface area contributed by atoms with Gasteiger partial charge in [-0.1, -0.05) is 0 Å². The standard InChI is InChI=1S/C12H12F3N5O/c1-5-8(18-19-9(5)12(13,14)15)11(21)17-10-7(4-16-20-10)6-2-3-6/h4,6H,2-3H2,1H3,(H,18,19)(H2,16,17,20,21). The number of rotatable bonds is 3. The van der Waals surface area contributed by atoms with E-state index in [-0.39, 0.29) is 11.3 Å². The maximum absolute atomic E-state index is 12.7. The van der Waals surface area contributed by atoms with Gasteiger partial charge in [0.05, 0.1) is 6.20 Å². The van der Waals surface area contributed by atoms with Gasteiger partial charge in [-0.3, -0.25) is 15.0 Å². The zero-order valence-electron chi connectivity index (χ0n) is 11.0. The molecule has 0 saturated heterocycles. The van der Waals surface area contributed by atoms with Crippen LogP contribution in [0.3, 0.4) is 0 Å². The van der Waals surface area contributed by atoms with Gasteiger partial charge in [0.1, 0.15) is 11.5 Å². The number of nitrogens with one attached hydrogen (secondary N) is 3. The number of aromatic nitrogens is 4. The van der Waals surface area contributed by atoms with E-state index in [9.17, 15) is 18.0 Å². The number of alkyl halides is 3. The first-order chi connectivity index (χ1) is 9.88. The number of anilines is 1. The van der Waals surface area contributed by atoms with E-state index in [0.29, 0.717) is 11.7 Å². The van der Waals surface area contributed by atoms with E-state index in [1.54, 1.807) is 6.20 Å². The fourth-order valence-corrected chi connectivity index (χ4v) is 2.17. The van der Waals surface area contributed by atoms with E-state index >= 15 is 0 Å². The summed E-state index contributed by atoms with van der Waals surface area (Å²) in [6.07, 6.45) is -0.918. The summed E-state index contributed by atoms with van der Waals surface area (Å²) in [5.41, 5.74) is -0.654. The van der Waals surface area contributed by atoms with Gasteiger partial charge in [0.25, 0.3) is 5.91 Å². The first kappa shape index (κ1) is 13.7. The first-order valence-corrected chi connectivity index (χ1v) is 6.34. The van der Waals surface area contributed by atoms with Crippen LogP contribution in [0, 0.1) is 6.92 Å². The molecule has 1 fully saturated rings. The molecule has 0 aliphatic heterocycles. The number of H-pyrrole nitrogens is 2. The van der Waals surface area contributed by atoms with Crippen LogP contribution in [0.15, 0.2) is 6.20 Å². The van der Waals surface area contributed by atoms with Crippen molar-refractivity contribution < 1.29 is 18.0 Å². The Balaban J connectivity index is 1.83. The lowest BCUT2D eigenvalue weighted by Crippen LogP contribution is -2.15. The molecule has 0 spiro atoms. The fraction of sp³-hybridized carbons (Fsp3) is 0.417. The Hall–Kier alpha value is -2.32. The van der Waals surface area contributed by atoms with Crippen LogP contribution in [-0.2, 0) is 6.18 Å². The molecule has 0 bridgehead atoms. The Morgan fingerprint density at radius 3 is 2.67 bits per heavy atom. The summed E-state index contributed by atoms with van der Waals surface area (Å²) in [6, 6.07) is 0. The van der Waals surface area contributed by atoms with Gasteiger partial charge in [-0.2, -0.15) is 23.4 Å². The Morgan fingerprint density at radius 2 is 2.10 bits per heavy atom. The second-order valence-electron chi connectivity index (χ2n) is 5.00. The third kappa shape index (κ3) is 2.50. The summed E-state index contributed by atoms with van der Waals surface area (Å²) in [5, 5.41) is 14.3. The number of carbonyl (C=O) groups is 1. The number of nitrogens with zero attached hydrogens (tertiary/aromatic N) is 2. The lowest BCUT2D eigenvalue weighted by molar-refractivity contribution is -0.141. The number of halogens is 3. The predicted octanol–water partition coefficient (Wildman–Crippen LogP) is 2.59. The highest BCUT2D eigenvalue weighted by molar-refractivity contribution is 6.03. The van der Waals surface area contributed by atoms with Crippen molar-refractivity contribution in [3.63, 3.8) is 0 Å². The minimum atomic E-state index is -4.57. The average molecular weight is 299 g/mol. The molecular formula is C12H12F3N5O. The SMILES string of the molecule is Cc1c(C(=O)Nc2[nH]ncc2C2CC2)n[nH]c1C(F)(F)F. The molecule has 1 amide bonds. The van der Waals surface area contributed by atoms with Crippen LogP contribution >= 0.6 is 0 Å². The molecule has 0 unspecified atom stereocenters. The van der Waals surface area contributed by atoms with Crippen molar-refractivity contribution >= 4 is 11.7 Å². The van der Waals surface area contributed by atoms with Crippen molar-refractivity contribution in [3.05, 3.63) is 28.7 Å². The first-order valence-electron chi connectivity index (χ1n) is 6.34. The topological polar surface area (TPSA) is 86.5 Å². The highest BCUT2D eigenvalue weighted by Gasteiger charge is 2.37. The third-order valence-corrected chi connectivity index (χ3v) is 3.43. The summed E-state index contributed by atoms with van der Waals surface area (Å²) in [5.74, 6) is 0.0638. The molecular weight excluding hydrogens is 287 g/mol. The molecule has 112 valence electrons. The van der Waals surface area contributed by atoms with Crippen molar-refractivity contribution in [1.82, 2.24) is 20.4 Å². The number of carbonyl (C=O) groups excluding carboxylic acids is 1. The maximum atomic E-state index is 12.7. The molecule has 2 aromatic heterocycles. The number of hydrogen-bond donors (Lipinski definition) is 3. The molecule has 9 heteroatoms. The van der Waals surface area contributed by atoms with E-state index in [2.05, 4.69) is 20.6 Å². The molecule has 2 heterocycles. The molecule has 1 saturated carbocycles. The van der Waals surface area contributed by atoms with Gasteiger partial charge in [-0.15, -0.1) is 0 Å². The normalized spacial score (nSPS) is 15.2. The van der Waals surface area contributed by atoms with Crippen LogP contribution in [0.4, 0.5) is 19.0 Å². The van der Waals surface area contributed by atoms with Gasteiger partial charge in [0.2, 0.25) is 0 Å². The maximum Gasteiger partial charge on any atom is 0.433 e. The summed E-state index contributed by atoms with van der Waals surface area (Å²) in [6.45, 7) is 1.20. The van der Waals surface area contributed by atoms with Gasteiger partial charge in [0, 0.05) is 11.1 Å². The highest BCUT2D eigenvalue weighted by Crippen LogP contribution is 2.42. The van der Waals surface area contributed by atoms with Crippen molar-refractivity contribution in [1.29, 1.82) is 0 Å². The van der Waals surface area contributed by atoms with Crippen molar-refractivity contribution in [2.75, 3.05) is 5.32 Å². The summed E-state index contributed by atoms with van der Waals surface area (Å²) in [4.78, 5) is 12.1. The molecule has 1 aliphatic carbocycles. The summed E-state index contributed by atoms with van der Waals surface area (Å²) in [7, 11) is 0. The predicted molar refractivity (Wildman–Crippen MR) is 66.8 cm³/mol. The molecule has 1 aliphatic rings. The van der Waals surface area contributed by atoms with E-state index in [1.807, 2.05) is 5.10 Å². The minimum Gasteiger partial charge on any atom is -0.305 e. The van der Waals surface area contributed by atoms with Crippen LogP contribution in [0.25, 0.3) is 0 Å². The van der Waals surface area contributed by atoms with Crippen LogP contribution in [0.5, 0.6) is 0 Å². The van der Waals surface area contributed by atoms with Crippen LogP contribution in [0.2, 0.25) is 0 Å². The van der Waals surface area contributed by atoms with Crippen LogP contribution in [-0.4, -0.2) is 26.3 Å². The van der Waals surface area contributed by atoms with Crippen molar-refractivity contribution in [2.45, 2.75) is 31.9 Å². The zero-order valence-corrected chi connectivity index (χ0v) is 11.0. The van der Waals surface area contributed by atoms with E-state index in [4.69, 9.17) is 0 Å². The second kappa shape index (κ2) is 4.61. The molecule has 2 aromatic rings. The fourth-order valence-electron chi connectivity index (χ4n) is 2.17. The molecule has 0 aromatic carbocycles. The van der Waals surface area contributed by atoms with E-state index < -0.39 is 17.8 Å². The molecule has 21 heavy (non-hydrogen) atoms. The summed E-state index contributed by atoms with van der Waals surface area (Å²) < 4.78 is 38.0. The van der Waals surface area contributed by atoms with Gasteiger partial charge >= 0.3 is 6.18 Å². The van der Waals surface area contributed by atoms with E-state index in [1.165, 1.54) is 6.92 Å². The molecule has 0 radical (unpaired) electrons. The Labute approximate surface area is 117 Å². The third-order valence-electron chi connectivity index (χ3n) is 3.43. The van der Waals surface area contributed by atoms with E-state index in [0.717, 1.165) is 18.4 Å². The van der Waals surface area contributed by atoms with Crippen molar-refractivity contribution in [3.8, 4) is 0 Å². The van der Waals surface area contributed by atoms with Gasteiger partial charge < -0.3 is 5.32 Å². The van der Waals surface area contributed by atoms with Gasteiger partial charge in [-0.25, -0.2) is 0 Å². The van der Waals surface area contributed by atoms with Gasteiger partial charge in [0.15, 0.2) is 5.69 Å². The molecule has 3 rings (SSSR count). The summed E-state index contributed by atoms with van der Waals surface area (Å²) >= 11 is 0. The smallest absolute Gasteiger partial charge is 0.305 e. The largest absolute Gasteiger partial charge is 0.433 e. The number of hydrogen-bond acceptors (Lipinski definition) is 3.